The van der Waals surface area contributed by atoms with E-state index in [0.29, 0.717) is 5.56 Å². The molecule has 0 aliphatic carbocycles. The Morgan fingerprint density at radius 1 is 1.53 bits per heavy atom. The quantitative estimate of drug-likeness (QED) is 0.624. The van der Waals surface area contributed by atoms with Gasteiger partial charge in [-0.15, -0.1) is 0 Å². The van der Waals surface area contributed by atoms with Gasteiger partial charge >= 0.3 is 0 Å². The Labute approximate surface area is 85.2 Å². The summed E-state index contributed by atoms with van der Waals surface area (Å²) in [7, 11) is 3.26. The van der Waals surface area contributed by atoms with Gasteiger partial charge < -0.3 is 10.1 Å². The zero-order valence-electron chi connectivity index (χ0n) is 8.30. The molecule has 0 unspecified atom stereocenters. The number of carbonyl (C=O) groups is 1. The normalized spacial score (nSPS) is 10.5. The second-order valence-electron chi connectivity index (χ2n) is 3.30. The number of benzene rings is 1. The molecule has 2 aromatic rings. The van der Waals surface area contributed by atoms with Crippen molar-refractivity contribution in [2.24, 2.45) is 0 Å². The zero-order chi connectivity index (χ0) is 11.0. The van der Waals surface area contributed by atoms with Gasteiger partial charge in [0.2, 0.25) is 5.52 Å². The first-order valence-corrected chi connectivity index (χ1v) is 4.31. The number of fused-ring (bicyclic) bond motifs is 1. The number of rotatable bonds is 1. The maximum Gasteiger partial charge on any atom is 0.261 e. The lowest BCUT2D eigenvalue weighted by molar-refractivity contribution is -0.782. The fourth-order valence-corrected chi connectivity index (χ4v) is 1.31. The lowest BCUT2D eigenvalue weighted by atomic mass is 10.1. The van der Waals surface area contributed by atoms with Crippen LogP contribution < -0.4 is 4.90 Å². The molecule has 0 aliphatic rings. The van der Waals surface area contributed by atoms with Gasteiger partial charge in [0, 0.05) is 19.3 Å². The monoisotopic (exact) mass is 207 g/mol. The second-order valence-corrected chi connectivity index (χ2v) is 3.30. The fraction of sp³-hybridized carbons (Fsp3) is 0.222. The fourth-order valence-electron chi connectivity index (χ4n) is 1.31. The molecule has 1 heterocycles. The Morgan fingerprint density at radius 3 is 2.93 bits per heavy atom. The van der Waals surface area contributed by atoms with Gasteiger partial charge in [0.1, 0.15) is 0 Å². The van der Waals surface area contributed by atoms with E-state index >= 15 is 0 Å². The highest BCUT2D eigenvalue weighted by atomic mass is 16.8. The topological polar surface area (TPSA) is 73.3 Å². The number of hydrogen-bond acceptors (Lipinski definition) is 4. The van der Waals surface area contributed by atoms with Crippen LogP contribution in [0.2, 0.25) is 0 Å². The molecule has 6 heteroatoms. The Kier molecular flexibility index (Phi) is 2.03. The van der Waals surface area contributed by atoms with E-state index in [-0.39, 0.29) is 21.8 Å². The molecule has 0 spiro atoms. The highest BCUT2D eigenvalue weighted by molar-refractivity contribution is 6.03. The highest BCUT2D eigenvalue weighted by Gasteiger charge is 2.19. The molecule has 0 saturated carbocycles. The molecule has 1 amide bonds. The van der Waals surface area contributed by atoms with Crippen LogP contribution in [-0.2, 0) is 0 Å². The molecule has 0 N–H and O–H groups in total. The van der Waals surface area contributed by atoms with Gasteiger partial charge in [-0.3, -0.25) is 9.42 Å². The molecule has 78 valence electrons. The Bertz CT molecular complexity index is 518. The average molecular weight is 207 g/mol. The van der Waals surface area contributed by atoms with Crippen molar-refractivity contribution >= 4 is 16.9 Å². The Hall–Kier alpha value is -2.11. The summed E-state index contributed by atoms with van der Waals surface area (Å²) in [5.41, 5.74) is 0.893. The van der Waals surface area contributed by atoms with Crippen molar-refractivity contribution in [1.29, 1.82) is 0 Å². The zero-order valence-corrected chi connectivity index (χ0v) is 8.30. The van der Waals surface area contributed by atoms with E-state index in [2.05, 4.69) is 9.79 Å². The van der Waals surface area contributed by atoms with Crippen molar-refractivity contribution in [2.75, 3.05) is 14.1 Å². The molecule has 0 bridgehead atoms. The highest BCUT2D eigenvalue weighted by Crippen LogP contribution is 2.14. The summed E-state index contributed by atoms with van der Waals surface area (Å²) in [4.78, 5) is 13.4. The molecular weight excluding hydrogens is 198 g/mol. The number of amides is 1. The molecule has 0 saturated heterocycles. The number of carbonyl (C=O) groups excluding carboxylic acids is 1. The van der Waals surface area contributed by atoms with Gasteiger partial charge in [-0.1, -0.05) is 6.07 Å². The van der Waals surface area contributed by atoms with Crippen LogP contribution in [-0.4, -0.2) is 30.1 Å². The van der Waals surface area contributed by atoms with Crippen molar-refractivity contribution < 1.29 is 14.3 Å². The SMILES string of the molecule is CN(C)C(=O)c1cccc2c1no[n+]2[O-]. The summed E-state index contributed by atoms with van der Waals surface area (Å²) in [5, 5.41) is 14.6. The van der Waals surface area contributed by atoms with E-state index in [1.807, 2.05) is 0 Å². The molecule has 0 radical (unpaired) electrons. The average Bonchev–Trinajstić information content (AvgIpc) is 2.59. The summed E-state index contributed by atoms with van der Waals surface area (Å²) >= 11 is 0. The van der Waals surface area contributed by atoms with E-state index in [9.17, 15) is 10.0 Å². The van der Waals surface area contributed by atoms with Gasteiger partial charge in [-0.2, -0.15) is 0 Å². The number of nitrogens with zero attached hydrogens (tertiary/aromatic N) is 3. The first-order chi connectivity index (χ1) is 7.11. The van der Waals surface area contributed by atoms with Crippen LogP contribution in [0.15, 0.2) is 22.8 Å². The summed E-state index contributed by atoms with van der Waals surface area (Å²) in [6.07, 6.45) is 0. The summed E-state index contributed by atoms with van der Waals surface area (Å²) in [5.74, 6) is -0.213. The minimum absolute atomic E-state index is 0.213. The van der Waals surface area contributed by atoms with E-state index in [4.69, 9.17) is 0 Å². The third kappa shape index (κ3) is 1.39. The van der Waals surface area contributed by atoms with Gasteiger partial charge in [0.25, 0.3) is 11.4 Å². The lowest BCUT2D eigenvalue weighted by Gasteiger charge is -2.08. The molecule has 0 atom stereocenters. The van der Waals surface area contributed by atoms with Crippen LogP contribution in [0.25, 0.3) is 11.0 Å². The summed E-state index contributed by atoms with van der Waals surface area (Å²) in [6, 6.07) is 4.77. The first kappa shape index (κ1) is 9.45. The first-order valence-electron chi connectivity index (χ1n) is 4.31. The largest absolute Gasteiger partial charge is 0.359 e. The Morgan fingerprint density at radius 2 is 2.27 bits per heavy atom. The van der Waals surface area contributed by atoms with Gasteiger partial charge in [-0.25, -0.2) is 0 Å². The van der Waals surface area contributed by atoms with Crippen molar-refractivity contribution in [3.63, 3.8) is 0 Å². The van der Waals surface area contributed by atoms with Crippen LogP contribution in [0.1, 0.15) is 10.4 Å². The van der Waals surface area contributed by atoms with Crippen LogP contribution in [0.5, 0.6) is 0 Å². The third-order valence-electron chi connectivity index (χ3n) is 2.05. The van der Waals surface area contributed by atoms with Crippen LogP contribution in [0.3, 0.4) is 0 Å². The van der Waals surface area contributed by atoms with Gasteiger partial charge in [0.05, 0.1) is 5.56 Å². The molecule has 1 aromatic heterocycles. The number of aromatic nitrogens is 2. The van der Waals surface area contributed by atoms with Crippen LogP contribution in [0.4, 0.5) is 0 Å². The van der Waals surface area contributed by atoms with Gasteiger partial charge in [-0.05, 0) is 17.0 Å². The standard InChI is InChI=1S/C9H9N3O3/c1-11(2)9(13)6-4-3-5-7-8(6)10-15-12(7)14/h3-5H,1-2H3. The third-order valence-corrected chi connectivity index (χ3v) is 2.05. The molecule has 2 rings (SSSR count). The van der Waals surface area contributed by atoms with Gasteiger partial charge in [0.15, 0.2) is 0 Å². The predicted octanol–water partition coefficient (Wildman–Crippen LogP) is 0.163. The lowest BCUT2D eigenvalue weighted by Crippen LogP contribution is -2.24. The maximum atomic E-state index is 11.7. The number of hydrogen-bond donors (Lipinski definition) is 0. The predicted molar refractivity (Wildman–Crippen MR) is 51.0 cm³/mol. The van der Waals surface area contributed by atoms with Crippen LogP contribution >= 0.6 is 0 Å². The summed E-state index contributed by atoms with van der Waals surface area (Å²) in [6.45, 7) is 0. The minimum atomic E-state index is -0.213. The van der Waals surface area contributed by atoms with Crippen molar-refractivity contribution in [1.82, 2.24) is 10.1 Å². The second kappa shape index (κ2) is 3.23. The molecular formula is C9H9N3O3. The van der Waals surface area contributed by atoms with E-state index in [1.54, 1.807) is 32.3 Å². The van der Waals surface area contributed by atoms with Crippen molar-refractivity contribution in [2.45, 2.75) is 0 Å². The minimum Gasteiger partial charge on any atom is -0.359 e. The van der Waals surface area contributed by atoms with Crippen molar-refractivity contribution in [3.05, 3.63) is 29.0 Å². The smallest absolute Gasteiger partial charge is 0.261 e. The molecule has 1 aromatic carbocycles. The maximum absolute atomic E-state index is 11.7. The van der Waals surface area contributed by atoms with E-state index in [1.165, 1.54) is 4.90 Å². The molecule has 0 aliphatic heterocycles. The van der Waals surface area contributed by atoms with E-state index < -0.39 is 0 Å². The van der Waals surface area contributed by atoms with Crippen LogP contribution in [0, 0.1) is 5.21 Å². The van der Waals surface area contributed by atoms with E-state index in [0.717, 1.165) is 0 Å². The Balaban J connectivity index is 2.66. The molecule has 6 nitrogen and oxygen atoms in total. The van der Waals surface area contributed by atoms with Crippen molar-refractivity contribution in [3.8, 4) is 0 Å². The molecule has 0 fully saturated rings. The molecule has 15 heavy (non-hydrogen) atoms. The summed E-state index contributed by atoms with van der Waals surface area (Å²) < 4.78 is 4.43.